The number of anilines is 1. The summed E-state index contributed by atoms with van der Waals surface area (Å²) in [5.41, 5.74) is 3.58. The van der Waals surface area contributed by atoms with Gasteiger partial charge in [0.1, 0.15) is 17.3 Å². The normalized spacial score (nSPS) is 11.7. The van der Waals surface area contributed by atoms with Gasteiger partial charge < -0.3 is 19.7 Å². The predicted molar refractivity (Wildman–Crippen MR) is 118 cm³/mol. The van der Waals surface area contributed by atoms with Crippen LogP contribution in [0.1, 0.15) is 29.7 Å². The number of rotatable bonds is 9. The number of ether oxygens (including phenoxy) is 2. The smallest absolute Gasteiger partial charge is 0.133 e. The van der Waals surface area contributed by atoms with Crippen LogP contribution in [0.5, 0.6) is 11.5 Å². The van der Waals surface area contributed by atoms with E-state index in [1.165, 1.54) is 16.7 Å². The van der Waals surface area contributed by atoms with E-state index < -0.39 is 0 Å². The highest BCUT2D eigenvalue weighted by Gasteiger charge is 2.17. The third kappa shape index (κ3) is 5.27. The minimum atomic E-state index is 0.202. The largest absolute Gasteiger partial charge is 0.497 e. The lowest BCUT2D eigenvalue weighted by molar-refractivity contribution is 0.414. The van der Waals surface area contributed by atoms with Crippen molar-refractivity contribution in [1.82, 2.24) is 10.3 Å². The Hall–Kier alpha value is -3.05. The van der Waals surface area contributed by atoms with Crippen LogP contribution < -0.4 is 19.7 Å². The van der Waals surface area contributed by atoms with E-state index in [1.807, 2.05) is 43.6 Å². The summed E-state index contributed by atoms with van der Waals surface area (Å²) in [4.78, 5) is 7.06. The molecule has 1 heterocycles. The summed E-state index contributed by atoms with van der Waals surface area (Å²) in [6.07, 6.45) is 1.86. The average molecular weight is 392 g/mol. The molecule has 0 unspecified atom stereocenters. The molecule has 5 heteroatoms. The minimum Gasteiger partial charge on any atom is -0.497 e. The molecule has 0 saturated heterocycles. The van der Waals surface area contributed by atoms with Crippen LogP contribution >= 0.6 is 0 Å². The van der Waals surface area contributed by atoms with Crippen molar-refractivity contribution in [1.29, 1.82) is 0 Å². The Bertz CT molecular complexity index is 845. The Labute approximate surface area is 173 Å². The van der Waals surface area contributed by atoms with Crippen LogP contribution in [0.25, 0.3) is 0 Å². The molecular weight excluding hydrogens is 362 g/mol. The number of aromatic nitrogens is 1. The molecule has 3 aromatic rings. The lowest BCUT2D eigenvalue weighted by Crippen LogP contribution is -2.26. The lowest BCUT2D eigenvalue weighted by atomic mass is 10.1. The monoisotopic (exact) mass is 391 g/mol. The number of nitrogens with one attached hydrogen (secondary N) is 1. The van der Waals surface area contributed by atoms with E-state index in [9.17, 15) is 0 Å². The van der Waals surface area contributed by atoms with E-state index in [4.69, 9.17) is 14.5 Å². The van der Waals surface area contributed by atoms with Crippen molar-refractivity contribution in [2.75, 3.05) is 26.2 Å². The number of nitrogens with zero attached hydrogens (tertiary/aromatic N) is 2. The maximum absolute atomic E-state index is 5.30. The fraction of sp³-hybridized carbons (Fsp3) is 0.292. The van der Waals surface area contributed by atoms with Gasteiger partial charge >= 0.3 is 0 Å². The van der Waals surface area contributed by atoms with Crippen molar-refractivity contribution in [2.24, 2.45) is 0 Å². The van der Waals surface area contributed by atoms with Gasteiger partial charge in [0.15, 0.2) is 0 Å². The molecule has 1 atom stereocenters. The van der Waals surface area contributed by atoms with E-state index >= 15 is 0 Å². The van der Waals surface area contributed by atoms with E-state index in [1.54, 1.807) is 14.2 Å². The van der Waals surface area contributed by atoms with Crippen LogP contribution in [0.2, 0.25) is 0 Å². The van der Waals surface area contributed by atoms with E-state index in [2.05, 4.69) is 47.5 Å². The first-order chi connectivity index (χ1) is 14.1. The number of hydrogen-bond donors (Lipinski definition) is 1. The molecule has 0 amide bonds. The molecule has 29 heavy (non-hydrogen) atoms. The zero-order chi connectivity index (χ0) is 20.6. The Morgan fingerprint density at radius 2 is 1.38 bits per heavy atom. The van der Waals surface area contributed by atoms with Crippen LogP contribution in [0.15, 0.2) is 66.9 Å². The highest BCUT2D eigenvalue weighted by atomic mass is 16.5. The quantitative estimate of drug-likeness (QED) is 0.578. The number of pyridine rings is 1. The van der Waals surface area contributed by atoms with Crippen molar-refractivity contribution < 1.29 is 9.47 Å². The van der Waals surface area contributed by atoms with Crippen LogP contribution in [-0.2, 0) is 13.1 Å². The first-order valence-corrected chi connectivity index (χ1v) is 9.77. The van der Waals surface area contributed by atoms with Crippen molar-refractivity contribution in [2.45, 2.75) is 26.1 Å². The summed E-state index contributed by atoms with van der Waals surface area (Å²) in [7, 11) is 5.34. The van der Waals surface area contributed by atoms with Gasteiger partial charge in [0.2, 0.25) is 0 Å². The highest BCUT2D eigenvalue weighted by Crippen LogP contribution is 2.27. The Morgan fingerprint density at radius 3 is 1.83 bits per heavy atom. The second-order valence-corrected chi connectivity index (χ2v) is 6.98. The lowest BCUT2D eigenvalue weighted by Gasteiger charge is -2.28. The molecule has 0 spiro atoms. The fourth-order valence-electron chi connectivity index (χ4n) is 3.28. The van der Waals surface area contributed by atoms with Gasteiger partial charge in [-0.1, -0.05) is 30.3 Å². The van der Waals surface area contributed by atoms with Gasteiger partial charge in [-0.25, -0.2) is 4.98 Å². The highest BCUT2D eigenvalue weighted by molar-refractivity contribution is 5.50. The maximum Gasteiger partial charge on any atom is 0.133 e. The zero-order valence-corrected chi connectivity index (χ0v) is 17.6. The topological polar surface area (TPSA) is 46.6 Å². The molecule has 0 saturated carbocycles. The van der Waals surface area contributed by atoms with Crippen LogP contribution in [0.3, 0.4) is 0 Å². The third-order valence-electron chi connectivity index (χ3n) is 5.08. The molecular formula is C24H29N3O2. The van der Waals surface area contributed by atoms with Crippen LogP contribution in [0, 0.1) is 0 Å². The van der Waals surface area contributed by atoms with E-state index in [0.29, 0.717) is 0 Å². The molecule has 3 rings (SSSR count). The average Bonchev–Trinajstić information content (AvgIpc) is 2.79. The summed E-state index contributed by atoms with van der Waals surface area (Å²) >= 11 is 0. The summed E-state index contributed by atoms with van der Waals surface area (Å²) in [6, 6.07) is 20.7. The Morgan fingerprint density at radius 1 is 0.862 bits per heavy atom. The maximum atomic E-state index is 5.30. The number of benzene rings is 2. The van der Waals surface area contributed by atoms with Crippen molar-refractivity contribution >= 4 is 5.82 Å². The summed E-state index contributed by atoms with van der Waals surface area (Å²) < 4.78 is 10.6. The van der Waals surface area contributed by atoms with E-state index in [0.717, 1.165) is 30.4 Å². The molecule has 2 aromatic carbocycles. The molecule has 1 aromatic heterocycles. The van der Waals surface area contributed by atoms with Crippen molar-refractivity contribution in [3.05, 3.63) is 83.6 Å². The van der Waals surface area contributed by atoms with Gasteiger partial charge in [-0.3, -0.25) is 0 Å². The molecule has 5 nitrogen and oxygen atoms in total. The Kier molecular flexibility index (Phi) is 7.09. The first-order valence-electron chi connectivity index (χ1n) is 9.77. The summed E-state index contributed by atoms with van der Waals surface area (Å²) in [6.45, 7) is 3.65. The summed E-state index contributed by atoms with van der Waals surface area (Å²) in [5.74, 6) is 2.71. The molecule has 0 fully saturated rings. The van der Waals surface area contributed by atoms with Crippen molar-refractivity contribution in [3.63, 3.8) is 0 Å². The van der Waals surface area contributed by atoms with Gasteiger partial charge in [-0.15, -0.1) is 0 Å². The summed E-state index contributed by atoms with van der Waals surface area (Å²) in [5, 5.41) is 3.33. The second kappa shape index (κ2) is 9.94. The Balaban J connectivity index is 1.94. The number of methoxy groups -OCH3 is 2. The predicted octanol–water partition coefficient (Wildman–Crippen LogP) is 4.59. The molecule has 0 aliphatic heterocycles. The standard InChI is InChI=1S/C24H29N3O2/c1-18(25-2)23-6-5-15-26-24(23)27(16-19-7-11-21(28-3)12-8-19)17-20-9-13-22(29-4)14-10-20/h5-15,18,25H,16-17H2,1-4H3/t18-/m1/s1. The molecule has 0 aliphatic carbocycles. The van der Waals surface area contributed by atoms with Gasteiger partial charge in [0.25, 0.3) is 0 Å². The SMILES string of the molecule is CN[C@H](C)c1cccnc1N(Cc1ccc(OC)cc1)Cc1ccc(OC)cc1. The van der Waals surface area contributed by atoms with Crippen LogP contribution in [0.4, 0.5) is 5.82 Å². The van der Waals surface area contributed by atoms with Gasteiger partial charge in [-0.05, 0) is 55.4 Å². The number of hydrogen-bond acceptors (Lipinski definition) is 5. The molecule has 0 radical (unpaired) electrons. The molecule has 152 valence electrons. The molecule has 0 bridgehead atoms. The van der Waals surface area contributed by atoms with Crippen molar-refractivity contribution in [3.8, 4) is 11.5 Å². The van der Waals surface area contributed by atoms with Gasteiger partial charge in [-0.2, -0.15) is 0 Å². The van der Waals surface area contributed by atoms with Crippen LogP contribution in [-0.4, -0.2) is 26.3 Å². The first kappa shape index (κ1) is 20.7. The molecule has 1 N–H and O–H groups in total. The van der Waals surface area contributed by atoms with Gasteiger partial charge in [0, 0.05) is 30.9 Å². The molecule has 0 aliphatic rings. The zero-order valence-electron chi connectivity index (χ0n) is 17.6. The van der Waals surface area contributed by atoms with E-state index in [-0.39, 0.29) is 6.04 Å². The second-order valence-electron chi connectivity index (χ2n) is 6.98. The minimum absolute atomic E-state index is 0.202. The fourth-order valence-corrected chi connectivity index (χ4v) is 3.28. The van der Waals surface area contributed by atoms with Gasteiger partial charge in [0.05, 0.1) is 14.2 Å². The third-order valence-corrected chi connectivity index (χ3v) is 5.08.